The van der Waals surface area contributed by atoms with E-state index in [0.29, 0.717) is 11.3 Å². The van der Waals surface area contributed by atoms with Gasteiger partial charge in [-0.15, -0.1) is 0 Å². The van der Waals surface area contributed by atoms with Crippen LogP contribution in [-0.2, 0) is 0 Å². The minimum Gasteiger partial charge on any atom is -0.476 e. The number of hydrogen-bond acceptors (Lipinski definition) is 4. The second-order valence-corrected chi connectivity index (χ2v) is 3.45. The van der Waals surface area contributed by atoms with Crippen LogP contribution < -0.4 is 0 Å². The number of hydrogen-bond donors (Lipinski definition) is 1. The summed E-state index contributed by atoms with van der Waals surface area (Å²) < 4.78 is 6.59. The summed E-state index contributed by atoms with van der Waals surface area (Å²) in [5.41, 5.74) is 1.69. The molecule has 0 spiro atoms. The lowest BCUT2D eigenvalue weighted by atomic mass is 10.3. The van der Waals surface area contributed by atoms with E-state index in [1.165, 1.54) is 12.5 Å². The molecule has 0 saturated carbocycles. The van der Waals surface area contributed by atoms with E-state index >= 15 is 0 Å². The van der Waals surface area contributed by atoms with E-state index < -0.39 is 5.97 Å². The van der Waals surface area contributed by atoms with Crippen molar-refractivity contribution in [3.05, 3.63) is 42.9 Å². The molecule has 0 fully saturated rings. The fourth-order valence-electron chi connectivity index (χ4n) is 1.62. The minimum atomic E-state index is -1.10. The van der Waals surface area contributed by atoms with Crippen LogP contribution in [-0.4, -0.2) is 25.4 Å². The fraction of sp³-hybridized carbons (Fsp3) is 0. The van der Waals surface area contributed by atoms with Crippen molar-refractivity contribution in [3.63, 3.8) is 0 Å². The average Bonchev–Trinajstić information content (AvgIpc) is 2.96. The lowest BCUT2D eigenvalue weighted by Crippen LogP contribution is -2.03. The highest BCUT2D eigenvalue weighted by Gasteiger charge is 2.14. The van der Waals surface area contributed by atoms with Crippen molar-refractivity contribution < 1.29 is 14.3 Å². The molecule has 17 heavy (non-hydrogen) atoms. The maximum atomic E-state index is 11.0. The van der Waals surface area contributed by atoms with Gasteiger partial charge in [0.25, 0.3) is 0 Å². The van der Waals surface area contributed by atoms with Crippen LogP contribution in [0.25, 0.3) is 16.9 Å². The molecule has 0 amide bonds. The SMILES string of the molecule is O=C(O)c1nccn2cc(-c3ccoc3)nc12. The number of fused-ring (bicyclic) bond motifs is 1. The quantitative estimate of drug-likeness (QED) is 0.723. The van der Waals surface area contributed by atoms with Gasteiger partial charge >= 0.3 is 5.97 Å². The summed E-state index contributed by atoms with van der Waals surface area (Å²) in [5.74, 6) is -1.10. The first-order chi connectivity index (χ1) is 8.25. The van der Waals surface area contributed by atoms with Crippen LogP contribution in [0.15, 0.2) is 41.6 Å². The molecule has 84 valence electrons. The lowest BCUT2D eigenvalue weighted by Gasteiger charge is -1.95. The van der Waals surface area contributed by atoms with Crippen molar-refractivity contribution in [1.29, 1.82) is 0 Å². The molecule has 0 aromatic carbocycles. The molecule has 3 aromatic rings. The first kappa shape index (κ1) is 9.59. The Morgan fingerprint density at radius 1 is 1.47 bits per heavy atom. The molecule has 0 atom stereocenters. The number of carboxylic acids is 1. The minimum absolute atomic E-state index is 0.0674. The third-order valence-electron chi connectivity index (χ3n) is 2.39. The van der Waals surface area contributed by atoms with Crippen molar-refractivity contribution in [2.75, 3.05) is 0 Å². The molecule has 3 rings (SSSR count). The molecule has 0 bridgehead atoms. The average molecular weight is 229 g/mol. The maximum Gasteiger partial charge on any atom is 0.358 e. The molecular weight excluding hydrogens is 222 g/mol. The largest absolute Gasteiger partial charge is 0.476 e. The summed E-state index contributed by atoms with van der Waals surface area (Å²) in [6.07, 6.45) is 7.90. The van der Waals surface area contributed by atoms with E-state index in [1.807, 2.05) is 0 Å². The van der Waals surface area contributed by atoms with Crippen LogP contribution in [0, 0.1) is 0 Å². The normalized spacial score (nSPS) is 10.8. The van der Waals surface area contributed by atoms with Gasteiger partial charge in [-0.25, -0.2) is 14.8 Å². The Kier molecular flexibility index (Phi) is 1.94. The van der Waals surface area contributed by atoms with E-state index in [-0.39, 0.29) is 5.69 Å². The number of imidazole rings is 1. The van der Waals surface area contributed by atoms with Gasteiger partial charge in [0.15, 0.2) is 11.3 Å². The Bertz CT molecular complexity index is 685. The summed E-state index contributed by atoms with van der Waals surface area (Å²) in [7, 11) is 0. The van der Waals surface area contributed by atoms with Gasteiger partial charge in [-0.1, -0.05) is 0 Å². The molecule has 0 aliphatic heterocycles. The molecule has 0 aliphatic carbocycles. The third-order valence-corrected chi connectivity index (χ3v) is 2.39. The predicted octanol–water partition coefficient (Wildman–Crippen LogP) is 1.69. The van der Waals surface area contributed by atoms with Crippen LogP contribution in [0.3, 0.4) is 0 Å². The number of rotatable bonds is 2. The summed E-state index contributed by atoms with van der Waals surface area (Å²) in [6.45, 7) is 0. The van der Waals surface area contributed by atoms with Gasteiger partial charge in [0.05, 0.1) is 18.2 Å². The van der Waals surface area contributed by atoms with E-state index in [4.69, 9.17) is 9.52 Å². The molecule has 0 unspecified atom stereocenters. The van der Waals surface area contributed by atoms with E-state index in [1.54, 1.807) is 29.1 Å². The van der Waals surface area contributed by atoms with Crippen molar-refractivity contribution in [1.82, 2.24) is 14.4 Å². The van der Waals surface area contributed by atoms with Crippen molar-refractivity contribution in [3.8, 4) is 11.3 Å². The van der Waals surface area contributed by atoms with Gasteiger partial charge in [-0.2, -0.15) is 0 Å². The first-order valence-corrected chi connectivity index (χ1v) is 4.85. The molecule has 6 nitrogen and oxygen atoms in total. The van der Waals surface area contributed by atoms with Crippen molar-refractivity contribution in [2.24, 2.45) is 0 Å². The maximum absolute atomic E-state index is 11.0. The molecular formula is C11H7N3O3. The first-order valence-electron chi connectivity index (χ1n) is 4.85. The second kappa shape index (κ2) is 3.44. The summed E-state index contributed by atoms with van der Waals surface area (Å²) in [5, 5.41) is 8.99. The number of aromatic carboxylic acids is 1. The van der Waals surface area contributed by atoms with Gasteiger partial charge in [-0.3, -0.25) is 0 Å². The standard InChI is InChI=1S/C11H7N3O3/c15-11(16)9-10-13-8(7-1-4-17-6-7)5-14(10)3-2-12-9/h1-6H,(H,15,16). The van der Waals surface area contributed by atoms with Crippen molar-refractivity contribution >= 4 is 11.6 Å². The smallest absolute Gasteiger partial charge is 0.358 e. The zero-order valence-corrected chi connectivity index (χ0v) is 8.57. The zero-order chi connectivity index (χ0) is 11.8. The number of carbonyl (C=O) groups is 1. The van der Waals surface area contributed by atoms with Gasteiger partial charge < -0.3 is 13.9 Å². The molecule has 0 saturated heterocycles. The van der Waals surface area contributed by atoms with Crippen molar-refractivity contribution in [2.45, 2.75) is 0 Å². The molecule has 1 N–H and O–H groups in total. The van der Waals surface area contributed by atoms with Gasteiger partial charge in [0.2, 0.25) is 0 Å². The highest BCUT2D eigenvalue weighted by Crippen LogP contribution is 2.20. The Balaban J connectivity index is 2.26. The Hall–Kier alpha value is -2.63. The topological polar surface area (TPSA) is 80.6 Å². The highest BCUT2D eigenvalue weighted by atomic mass is 16.4. The molecule has 3 aromatic heterocycles. The fourth-order valence-corrected chi connectivity index (χ4v) is 1.62. The van der Waals surface area contributed by atoms with Crippen LogP contribution in [0.5, 0.6) is 0 Å². The van der Waals surface area contributed by atoms with Crippen LogP contribution >= 0.6 is 0 Å². The number of furan rings is 1. The highest BCUT2D eigenvalue weighted by molar-refractivity contribution is 5.92. The Labute approximate surface area is 95.2 Å². The van der Waals surface area contributed by atoms with Gasteiger partial charge in [0.1, 0.15) is 0 Å². The predicted molar refractivity (Wildman–Crippen MR) is 57.6 cm³/mol. The zero-order valence-electron chi connectivity index (χ0n) is 8.57. The van der Waals surface area contributed by atoms with Gasteiger partial charge in [0, 0.05) is 24.2 Å². The number of carboxylic acid groups (broad SMARTS) is 1. The molecule has 0 aliphatic rings. The molecule has 3 heterocycles. The van der Waals surface area contributed by atoms with Crippen LogP contribution in [0.1, 0.15) is 10.5 Å². The summed E-state index contributed by atoms with van der Waals surface area (Å²) >= 11 is 0. The molecule has 6 heteroatoms. The Morgan fingerprint density at radius 2 is 2.35 bits per heavy atom. The summed E-state index contributed by atoms with van der Waals surface area (Å²) in [4.78, 5) is 19.0. The monoisotopic (exact) mass is 229 g/mol. The lowest BCUT2D eigenvalue weighted by molar-refractivity contribution is 0.0692. The summed E-state index contributed by atoms with van der Waals surface area (Å²) in [6, 6.07) is 1.76. The van der Waals surface area contributed by atoms with E-state index in [2.05, 4.69) is 9.97 Å². The van der Waals surface area contributed by atoms with E-state index in [0.717, 1.165) is 5.56 Å². The van der Waals surface area contributed by atoms with E-state index in [9.17, 15) is 4.79 Å². The number of nitrogens with zero attached hydrogens (tertiary/aromatic N) is 3. The second-order valence-electron chi connectivity index (χ2n) is 3.45. The molecule has 0 radical (unpaired) electrons. The number of aromatic nitrogens is 3. The van der Waals surface area contributed by atoms with Crippen LogP contribution in [0.2, 0.25) is 0 Å². The van der Waals surface area contributed by atoms with Crippen LogP contribution in [0.4, 0.5) is 0 Å². The Morgan fingerprint density at radius 3 is 3.06 bits per heavy atom. The third kappa shape index (κ3) is 1.46. The van der Waals surface area contributed by atoms with Gasteiger partial charge in [-0.05, 0) is 6.07 Å².